The van der Waals surface area contributed by atoms with Crippen LogP contribution in [0, 0.1) is 22.7 Å². The molecule has 106 valence electrons. The van der Waals surface area contributed by atoms with Crippen molar-refractivity contribution in [1.29, 1.82) is 5.26 Å². The Balaban J connectivity index is 1.61. The Morgan fingerprint density at radius 1 is 1.35 bits per heavy atom. The summed E-state index contributed by atoms with van der Waals surface area (Å²) in [4.78, 5) is 0. The Bertz CT molecular complexity index is 515. The van der Waals surface area contributed by atoms with Crippen LogP contribution < -0.4 is 5.32 Å². The second-order valence-electron chi connectivity index (χ2n) is 6.59. The molecule has 1 N–H and O–H groups in total. The normalized spacial score (nSPS) is 30.9. The Morgan fingerprint density at radius 3 is 2.80 bits per heavy atom. The van der Waals surface area contributed by atoms with Crippen LogP contribution in [0.1, 0.15) is 37.8 Å². The van der Waals surface area contributed by atoms with Crippen molar-refractivity contribution in [3.05, 3.63) is 35.4 Å². The van der Waals surface area contributed by atoms with E-state index in [9.17, 15) is 0 Å². The lowest BCUT2D eigenvalue weighted by atomic mass is 9.55. The van der Waals surface area contributed by atoms with Crippen LogP contribution in [0.15, 0.2) is 24.3 Å². The molecule has 0 aromatic heterocycles. The van der Waals surface area contributed by atoms with Gasteiger partial charge in [0.25, 0.3) is 0 Å². The molecule has 3 atom stereocenters. The summed E-state index contributed by atoms with van der Waals surface area (Å²) in [6, 6.07) is 10.5. The Hall–Kier alpha value is -1.37. The molecule has 0 radical (unpaired) electrons. The molecule has 0 bridgehead atoms. The first-order valence-corrected chi connectivity index (χ1v) is 7.47. The highest BCUT2D eigenvalue weighted by Crippen LogP contribution is 2.51. The van der Waals surface area contributed by atoms with Crippen molar-refractivity contribution >= 4 is 0 Å². The van der Waals surface area contributed by atoms with E-state index in [1.807, 2.05) is 24.3 Å². The van der Waals surface area contributed by atoms with E-state index in [0.29, 0.717) is 18.1 Å². The van der Waals surface area contributed by atoms with Crippen molar-refractivity contribution in [1.82, 2.24) is 5.32 Å². The fourth-order valence-corrected chi connectivity index (χ4v) is 3.86. The van der Waals surface area contributed by atoms with Crippen molar-refractivity contribution < 1.29 is 4.74 Å². The highest BCUT2D eigenvalue weighted by molar-refractivity contribution is 5.31. The fraction of sp³-hybridized carbons (Fsp3) is 0.588. The Morgan fingerprint density at radius 2 is 2.10 bits per heavy atom. The molecule has 3 heteroatoms. The molecular weight excluding hydrogens is 248 g/mol. The number of hydrogen-bond acceptors (Lipinski definition) is 3. The van der Waals surface area contributed by atoms with Crippen LogP contribution in [0.5, 0.6) is 0 Å². The number of benzene rings is 1. The van der Waals surface area contributed by atoms with Crippen LogP contribution in [0.4, 0.5) is 0 Å². The van der Waals surface area contributed by atoms with Crippen molar-refractivity contribution in [3.63, 3.8) is 0 Å². The molecule has 3 rings (SSSR count). The third kappa shape index (κ3) is 2.24. The van der Waals surface area contributed by atoms with Crippen LogP contribution in [-0.4, -0.2) is 18.8 Å². The predicted octanol–water partition coefficient (Wildman–Crippen LogP) is 2.85. The van der Waals surface area contributed by atoms with Crippen LogP contribution in [-0.2, 0) is 11.3 Å². The van der Waals surface area contributed by atoms with Crippen LogP contribution in [0.2, 0.25) is 0 Å². The van der Waals surface area contributed by atoms with E-state index in [4.69, 9.17) is 10.00 Å². The van der Waals surface area contributed by atoms with E-state index < -0.39 is 0 Å². The van der Waals surface area contributed by atoms with Gasteiger partial charge in [0.2, 0.25) is 0 Å². The predicted molar refractivity (Wildman–Crippen MR) is 78.0 cm³/mol. The van der Waals surface area contributed by atoms with E-state index in [1.165, 1.54) is 18.4 Å². The molecule has 0 spiro atoms. The molecule has 3 nitrogen and oxygen atoms in total. The smallest absolute Gasteiger partial charge is 0.0991 e. The average molecular weight is 270 g/mol. The van der Waals surface area contributed by atoms with Crippen LogP contribution in [0.3, 0.4) is 0 Å². The van der Waals surface area contributed by atoms with Crippen molar-refractivity contribution in [2.24, 2.45) is 11.3 Å². The van der Waals surface area contributed by atoms with Gasteiger partial charge in [-0.05, 0) is 30.5 Å². The lowest BCUT2D eigenvalue weighted by Crippen LogP contribution is -2.69. The third-order valence-corrected chi connectivity index (χ3v) is 4.94. The number of nitriles is 1. The summed E-state index contributed by atoms with van der Waals surface area (Å²) in [5, 5.41) is 12.5. The summed E-state index contributed by atoms with van der Waals surface area (Å²) in [5.41, 5.74) is 2.18. The van der Waals surface area contributed by atoms with Crippen molar-refractivity contribution in [3.8, 4) is 6.07 Å². The molecule has 1 aliphatic carbocycles. The van der Waals surface area contributed by atoms with Gasteiger partial charge in [0.15, 0.2) is 0 Å². The van der Waals surface area contributed by atoms with Gasteiger partial charge in [0.05, 0.1) is 17.7 Å². The minimum absolute atomic E-state index is 0.220. The summed E-state index contributed by atoms with van der Waals surface area (Å²) in [7, 11) is 0. The van der Waals surface area contributed by atoms with Gasteiger partial charge in [-0.25, -0.2) is 0 Å². The summed E-state index contributed by atoms with van der Waals surface area (Å²) in [5.74, 6) is 0.664. The van der Waals surface area contributed by atoms with Gasteiger partial charge >= 0.3 is 0 Å². The zero-order valence-electron chi connectivity index (χ0n) is 12.2. The molecular formula is C17H22N2O. The quantitative estimate of drug-likeness (QED) is 0.918. The van der Waals surface area contributed by atoms with E-state index in [0.717, 1.165) is 18.7 Å². The Labute approximate surface area is 120 Å². The van der Waals surface area contributed by atoms with Gasteiger partial charge < -0.3 is 10.1 Å². The molecule has 1 aromatic rings. The van der Waals surface area contributed by atoms with Gasteiger partial charge in [0, 0.05) is 30.5 Å². The number of hydrogen-bond donors (Lipinski definition) is 1. The highest BCUT2D eigenvalue weighted by atomic mass is 16.5. The molecule has 0 amide bonds. The van der Waals surface area contributed by atoms with Gasteiger partial charge in [-0.2, -0.15) is 5.26 Å². The summed E-state index contributed by atoms with van der Waals surface area (Å²) < 4.78 is 5.93. The van der Waals surface area contributed by atoms with Crippen LogP contribution >= 0.6 is 0 Å². The number of fused-ring (bicyclic) bond motifs is 1. The molecule has 3 unspecified atom stereocenters. The first-order chi connectivity index (χ1) is 9.63. The molecule has 1 saturated carbocycles. The number of rotatable bonds is 3. The number of nitrogens with zero attached hydrogens (tertiary/aromatic N) is 1. The van der Waals surface area contributed by atoms with E-state index in [2.05, 4.69) is 25.2 Å². The largest absolute Gasteiger partial charge is 0.377 e. The lowest BCUT2D eigenvalue weighted by Gasteiger charge is -2.60. The second-order valence-corrected chi connectivity index (χ2v) is 6.59. The van der Waals surface area contributed by atoms with Crippen molar-refractivity contribution in [2.45, 2.75) is 45.4 Å². The second kappa shape index (κ2) is 5.20. The molecule has 20 heavy (non-hydrogen) atoms. The topological polar surface area (TPSA) is 45.0 Å². The molecule has 2 fully saturated rings. The Kier molecular flexibility index (Phi) is 3.54. The highest BCUT2D eigenvalue weighted by Gasteiger charge is 2.57. The lowest BCUT2D eigenvalue weighted by molar-refractivity contribution is -0.192. The maximum Gasteiger partial charge on any atom is 0.0991 e. The SMILES string of the molecule is CC1(C)C(NCc2ccc(C#N)cc2)C2CCCOC21. The minimum atomic E-state index is 0.220. The van der Waals surface area contributed by atoms with Gasteiger partial charge in [-0.1, -0.05) is 26.0 Å². The van der Waals surface area contributed by atoms with Gasteiger partial charge in [-0.15, -0.1) is 0 Å². The maximum atomic E-state index is 8.81. The number of nitrogens with one attached hydrogen (secondary N) is 1. The number of ether oxygens (including phenoxy) is 1. The monoisotopic (exact) mass is 270 g/mol. The molecule has 1 heterocycles. The van der Waals surface area contributed by atoms with Crippen molar-refractivity contribution in [2.75, 3.05) is 6.61 Å². The van der Waals surface area contributed by atoms with Gasteiger partial charge in [-0.3, -0.25) is 0 Å². The maximum absolute atomic E-state index is 8.81. The summed E-state index contributed by atoms with van der Waals surface area (Å²) in [6.45, 7) is 6.39. The van der Waals surface area contributed by atoms with E-state index in [1.54, 1.807) is 0 Å². The first kappa shape index (κ1) is 13.6. The molecule has 1 saturated heterocycles. The van der Waals surface area contributed by atoms with Crippen LogP contribution in [0.25, 0.3) is 0 Å². The van der Waals surface area contributed by atoms with Gasteiger partial charge in [0.1, 0.15) is 0 Å². The average Bonchev–Trinajstić information content (AvgIpc) is 2.48. The minimum Gasteiger partial charge on any atom is -0.377 e. The van der Waals surface area contributed by atoms with E-state index in [-0.39, 0.29) is 5.41 Å². The standard InChI is InChI=1S/C17H22N2O/c1-17(2)15(14-4-3-9-20-16(14)17)19-11-13-7-5-12(10-18)6-8-13/h5-8,14-16,19H,3-4,9,11H2,1-2H3. The molecule has 2 aliphatic rings. The third-order valence-electron chi connectivity index (χ3n) is 4.94. The zero-order valence-corrected chi connectivity index (χ0v) is 12.2. The molecule has 1 aromatic carbocycles. The summed E-state index contributed by atoms with van der Waals surface area (Å²) in [6.07, 6.45) is 2.89. The zero-order chi connectivity index (χ0) is 14.2. The molecule has 1 aliphatic heterocycles. The first-order valence-electron chi connectivity index (χ1n) is 7.47. The van der Waals surface area contributed by atoms with E-state index >= 15 is 0 Å². The fourth-order valence-electron chi connectivity index (χ4n) is 3.86. The summed E-state index contributed by atoms with van der Waals surface area (Å²) >= 11 is 0.